The van der Waals surface area contributed by atoms with Gasteiger partial charge < -0.3 is 34.5 Å². The molecule has 4 atom stereocenters. The van der Waals surface area contributed by atoms with Gasteiger partial charge in [-0.1, -0.05) is 53.2 Å². The van der Waals surface area contributed by atoms with Crippen molar-refractivity contribution in [3.05, 3.63) is 71.5 Å². The predicted molar refractivity (Wildman–Crippen MR) is 147 cm³/mol. The molecule has 2 saturated heterocycles. The number of aromatic amines is 1. The van der Waals surface area contributed by atoms with Gasteiger partial charge in [0.15, 0.2) is 17.4 Å². The van der Waals surface area contributed by atoms with Crippen molar-refractivity contribution in [3.63, 3.8) is 0 Å². The molecule has 0 unspecified atom stereocenters. The van der Waals surface area contributed by atoms with Crippen molar-refractivity contribution < 1.29 is 42.7 Å². The number of benzene rings is 2. The monoisotopic (exact) mass is 630 g/mol. The number of aromatic nitrogens is 6. The van der Waals surface area contributed by atoms with Crippen molar-refractivity contribution in [1.82, 2.24) is 29.9 Å². The van der Waals surface area contributed by atoms with E-state index in [4.69, 9.17) is 25.8 Å². The smallest absolute Gasteiger partial charge is 0.449 e. The van der Waals surface area contributed by atoms with Crippen molar-refractivity contribution in [2.24, 2.45) is 0 Å². The van der Waals surface area contributed by atoms with Gasteiger partial charge in [0, 0.05) is 5.56 Å². The molecule has 0 spiro atoms. The lowest BCUT2D eigenvalue weighted by molar-refractivity contribution is -0.360. The number of hydrogen-bond acceptors (Lipinski definition) is 10. The number of halogens is 4. The second-order valence-corrected chi connectivity index (χ2v) is 10.8. The Balaban J connectivity index is 1.07. The van der Waals surface area contributed by atoms with Crippen molar-refractivity contribution in [1.29, 1.82) is 0 Å². The van der Waals surface area contributed by atoms with Gasteiger partial charge in [0.25, 0.3) is 6.01 Å². The van der Waals surface area contributed by atoms with Crippen LogP contribution in [-0.2, 0) is 15.3 Å². The number of aliphatic hydroxyl groups is 3. The van der Waals surface area contributed by atoms with Crippen LogP contribution in [0, 0.1) is 0 Å². The van der Waals surface area contributed by atoms with Crippen LogP contribution in [0.25, 0.3) is 39.2 Å². The number of nitrogens with zero attached hydrogens (tertiary/aromatic N) is 5. The highest BCUT2D eigenvalue weighted by Crippen LogP contribution is 2.36. The minimum atomic E-state index is -5.34. The molecule has 0 saturated carbocycles. The van der Waals surface area contributed by atoms with Gasteiger partial charge in [0.2, 0.25) is 0 Å². The third-order valence-corrected chi connectivity index (χ3v) is 7.81. The quantitative estimate of drug-likeness (QED) is 0.205. The van der Waals surface area contributed by atoms with Gasteiger partial charge in [-0.2, -0.15) is 18.2 Å². The molecule has 12 nitrogen and oxygen atoms in total. The summed E-state index contributed by atoms with van der Waals surface area (Å²) in [6.45, 7) is 0.449. The van der Waals surface area contributed by atoms with E-state index in [-0.39, 0.29) is 25.3 Å². The van der Waals surface area contributed by atoms with Gasteiger partial charge in [-0.25, -0.2) is 9.67 Å². The maximum atomic E-state index is 12.9. The molecule has 0 bridgehead atoms. The summed E-state index contributed by atoms with van der Waals surface area (Å²) in [6.07, 6.45) is -6.47. The van der Waals surface area contributed by atoms with Crippen molar-refractivity contribution in [2.45, 2.75) is 36.4 Å². The zero-order valence-corrected chi connectivity index (χ0v) is 23.1. The van der Waals surface area contributed by atoms with Crippen LogP contribution in [0.1, 0.15) is 5.69 Å². The fourth-order valence-electron chi connectivity index (χ4n) is 5.16. The molecule has 2 aliphatic rings. The lowest BCUT2D eigenvalue weighted by Gasteiger charge is -2.21. The Morgan fingerprint density at radius 1 is 0.932 bits per heavy atom. The predicted octanol–water partition coefficient (Wildman–Crippen LogP) is 3.13. The Morgan fingerprint density at radius 3 is 2.30 bits per heavy atom. The normalized spacial score (nSPS) is 22.1. The lowest BCUT2D eigenvalue weighted by Crippen LogP contribution is -2.42. The number of fused-ring (bicyclic) bond motifs is 2. The first-order valence-corrected chi connectivity index (χ1v) is 13.7. The summed E-state index contributed by atoms with van der Waals surface area (Å²) in [5, 5.41) is 36.0. The first-order valence-electron chi connectivity index (χ1n) is 13.3. The van der Waals surface area contributed by atoms with Crippen molar-refractivity contribution >= 4 is 22.8 Å². The Kier molecular flexibility index (Phi) is 6.84. The standard InChI is InChI=1S/C28H22ClF3N6O6/c29-17-9-18-25(35-26(33-18)44-20-12-43-23-19(39)11-42-24(20)23)34-22(17)15-3-1-13(2-4-15)14-5-7-16(8-6-14)38-10-21(36-37-38)27(40,41)28(30,31)32/h1-10,19-20,23-24,39-41H,11-12H2,(H,33,34,35)/t19-,20-,23-,24-/m1/s1. The van der Waals surface area contributed by atoms with Crippen LogP contribution in [0.4, 0.5) is 13.2 Å². The number of hydrogen-bond donors (Lipinski definition) is 4. The van der Waals surface area contributed by atoms with Gasteiger partial charge in [-0.3, -0.25) is 0 Å². The highest BCUT2D eigenvalue weighted by atomic mass is 35.5. The first-order chi connectivity index (χ1) is 21.0. The van der Waals surface area contributed by atoms with Crippen LogP contribution in [0.3, 0.4) is 0 Å². The van der Waals surface area contributed by atoms with E-state index in [1.54, 1.807) is 30.3 Å². The largest absolute Gasteiger partial charge is 0.456 e. The lowest BCUT2D eigenvalue weighted by atomic mass is 10.0. The van der Waals surface area contributed by atoms with Gasteiger partial charge >= 0.3 is 12.0 Å². The van der Waals surface area contributed by atoms with Crippen LogP contribution >= 0.6 is 11.6 Å². The third kappa shape index (κ3) is 4.96. The highest BCUT2D eigenvalue weighted by molar-refractivity contribution is 6.33. The van der Waals surface area contributed by atoms with E-state index in [1.165, 1.54) is 0 Å². The number of ether oxygens (including phenoxy) is 3. The van der Waals surface area contributed by atoms with E-state index < -0.39 is 36.0 Å². The number of alkyl halides is 3. The fourth-order valence-corrected chi connectivity index (χ4v) is 5.42. The van der Waals surface area contributed by atoms with Gasteiger partial charge in [0.05, 0.1) is 41.3 Å². The highest BCUT2D eigenvalue weighted by Gasteiger charge is 2.56. The molecule has 0 aliphatic carbocycles. The third-order valence-electron chi connectivity index (χ3n) is 7.52. The topological polar surface area (TPSA) is 161 Å². The minimum Gasteiger partial charge on any atom is -0.456 e. The minimum absolute atomic E-state index is 0.190. The average molecular weight is 631 g/mol. The molecule has 5 heterocycles. The van der Waals surface area contributed by atoms with Gasteiger partial charge in [0.1, 0.15) is 18.3 Å². The molecule has 4 N–H and O–H groups in total. The van der Waals surface area contributed by atoms with Crippen LogP contribution < -0.4 is 4.74 Å². The number of aliphatic hydroxyl groups excluding tert-OH is 1. The number of H-pyrrole nitrogens is 1. The number of imidazole rings is 1. The summed E-state index contributed by atoms with van der Waals surface area (Å²) < 4.78 is 56.9. The van der Waals surface area contributed by atoms with Crippen molar-refractivity contribution in [3.8, 4) is 34.1 Å². The molecule has 7 rings (SSSR count). The fraction of sp³-hybridized carbons (Fsp3) is 0.286. The summed E-state index contributed by atoms with van der Waals surface area (Å²) in [5.41, 5.74) is 3.18. The van der Waals surface area contributed by atoms with Gasteiger partial charge in [-0.15, -0.1) is 5.10 Å². The molecule has 3 aromatic heterocycles. The zero-order chi connectivity index (χ0) is 30.8. The second-order valence-electron chi connectivity index (χ2n) is 10.4. The van der Waals surface area contributed by atoms with Gasteiger partial charge in [-0.05, 0) is 29.3 Å². The molecule has 2 aromatic carbocycles. The van der Waals surface area contributed by atoms with Crippen LogP contribution in [0.15, 0.2) is 60.8 Å². The molecular weight excluding hydrogens is 609 g/mol. The Morgan fingerprint density at radius 2 is 1.59 bits per heavy atom. The molecule has 16 heteroatoms. The number of pyridine rings is 1. The molecule has 2 fully saturated rings. The molecular formula is C28H22ClF3N6O6. The van der Waals surface area contributed by atoms with Crippen LogP contribution in [0.5, 0.6) is 6.01 Å². The Labute approximate surface area is 250 Å². The maximum absolute atomic E-state index is 12.9. The summed E-state index contributed by atoms with van der Waals surface area (Å²) in [6, 6.07) is 16.0. The molecule has 44 heavy (non-hydrogen) atoms. The van der Waals surface area contributed by atoms with E-state index >= 15 is 0 Å². The molecule has 228 valence electrons. The molecule has 0 amide bonds. The number of nitrogens with one attached hydrogen (secondary N) is 1. The maximum Gasteiger partial charge on any atom is 0.449 e. The first kappa shape index (κ1) is 28.6. The zero-order valence-electron chi connectivity index (χ0n) is 22.3. The van der Waals surface area contributed by atoms with Crippen molar-refractivity contribution in [2.75, 3.05) is 13.2 Å². The summed E-state index contributed by atoms with van der Waals surface area (Å²) in [4.78, 5) is 12.1. The molecule has 5 aromatic rings. The van der Waals surface area contributed by atoms with E-state index in [1.807, 2.05) is 24.3 Å². The summed E-state index contributed by atoms with van der Waals surface area (Å²) >= 11 is 6.57. The Hall–Kier alpha value is -4.12. The van der Waals surface area contributed by atoms with E-state index in [9.17, 15) is 28.5 Å². The molecule has 0 radical (unpaired) electrons. The van der Waals surface area contributed by atoms with E-state index in [0.717, 1.165) is 27.6 Å². The van der Waals surface area contributed by atoms with Crippen LogP contribution in [-0.4, -0.2) is 89.1 Å². The molecule has 2 aliphatic heterocycles. The summed E-state index contributed by atoms with van der Waals surface area (Å²) in [5.74, 6) is -4.12. The van der Waals surface area contributed by atoms with E-state index in [2.05, 4.69) is 25.3 Å². The average Bonchev–Trinajstić information content (AvgIpc) is 3.79. The second kappa shape index (κ2) is 10.5. The Bertz CT molecular complexity index is 1830. The summed E-state index contributed by atoms with van der Waals surface area (Å²) in [7, 11) is 0. The van der Waals surface area contributed by atoms with E-state index in [0.29, 0.717) is 27.6 Å². The number of rotatable bonds is 6. The SMILES string of the molecule is O[C@@H]1CO[C@H]2[C@@H]1OC[C@H]2Oc1nc2nc(-c3ccc(-c4ccc(-n5cc(C(O)(O)C(F)(F)F)nn5)cc4)cc3)c(Cl)cc2[nH]1. The van der Waals surface area contributed by atoms with Crippen LogP contribution in [0.2, 0.25) is 5.02 Å².